The predicted octanol–water partition coefficient (Wildman–Crippen LogP) is 5.75. The third kappa shape index (κ3) is 3.58. The molecule has 0 saturated carbocycles. The second-order valence-corrected chi connectivity index (χ2v) is 9.20. The number of aliphatic hydroxyl groups is 1. The molecule has 0 fully saturated rings. The smallest absolute Gasteiger partial charge is 0.119 e. The van der Waals surface area contributed by atoms with Crippen LogP contribution in [0.15, 0.2) is 71.6 Å². The molecule has 0 amide bonds. The number of benzene rings is 3. The molecule has 2 unspecified atom stereocenters. The highest BCUT2D eigenvalue weighted by molar-refractivity contribution is 7.99. The zero-order valence-corrected chi connectivity index (χ0v) is 18.2. The van der Waals surface area contributed by atoms with Crippen molar-refractivity contribution in [2.24, 2.45) is 0 Å². The minimum atomic E-state index is 0.0815. The Morgan fingerprint density at radius 1 is 1.00 bits per heavy atom. The Bertz CT molecular complexity index is 1040. The quantitative estimate of drug-likeness (QED) is 0.498. The normalized spacial score (nSPS) is 19.2. The molecule has 154 valence electrons. The Hall–Kier alpha value is -2.14. The lowest BCUT2D eigenvalue weighted by Gasteiger charge is -2.35. The zero-order chi connectivity index (χ0) is 20.5. The monoisotopic (exact) mass is 437 g/mol. The Labute approximate surface area is 186 Å². The van der Waals surface area contributed by atoms with Gasteiger partial charge in [-0.2, -0.15) is 0 Å². The summed E-state index contributed by atoms with van der Waals surface area (Å²) in [5, 5.41) is 9.67. The molecule has 2 aliphatic rings. The van der Waals surface area contributed by atoms with Crippen LogP contribution < -0.4 is 9.64 Å². The van der Waals surface area contributed by atoms with Gasteiger partial charge < -0.3 is 14.7 Å². The molecule has 2 heterocycles. The van der Waals surface area contributed by atoms with Crippen LogP contribution in [0, 0.1) is 0 Å². The van der Waals surface area contributed by atoms with E-state index in [-0.39, 0.29) is 6.61 Å². The molecule has 5 rings (SSSR count). The van der Waals surface area contributed by atoms with Gasteiger partial charge in [0.05, 0.1) is 18.5 Å². The van der Waals surface area contributed by atoms with Gasteiger partial charge in [-0.3, -0.25) is 0 Å². The predicted molar refractivity (Wildman–Crippen MR) is 124 cm³/mol. The number of aliphatic hydroxyl groups excluding tert-OH is 1. The molecule has 0 saturated heterocycles. The lowest BCUT2D eigenvalue weighted by atomic mass is 9.90. The van der Waals surface area contributed by atoms with Crippen LogP contribution in [0.5, 0.6) is 5.75 Å². The molecule has 0 bridgehead atoms. The molecule has 2 atom stereocenters. The maximum atomic E-state index is 9.67. The second-order valence-electron chi connectivity index (χ2n) is 7.76. The van der Waals surface area contributed by atoms with Gasteiger partial charge >= 0.3 is 0 Å². The van der Waals surface area contributed by atoms with E-state index in [0.29, 0.717) is 24.4 Å². The number of hydrogen-bond donors (Lipinski definition) is 1. The summed E-state index contributed by atoms with van der Waals surface area (Å²) in [7, 11) is 0. The highest BCUT2D eigenvalue weighted by Gasteiger charge is 2.42. The van der Waals surface area contributed by atoms with Crippen molar-refractivity contribution in [1.29, 1.82) is 0 Å². The summed E-state index contributed by atoms with van der Waals surface area (Å²) in [6.45, 7) is 1.44. The zero-order valence-electron chi connectivity index (χ0n) is 16.6. The van der Waals surface area contributed by atoms with E-state index in [1.807, 2.05) is 30.0 Å². The van der Waals surface area contributed by atoms with Crippen LogP contribution in [0.3, 0.4) is 0 Å². The number of anilines is 1. The number of rotatable bonds is 6. The van der Waals surface area contributed by atoms with E-state index in [2.05, 4.69) is 53.4 Å². The number of nitrogens with zero attached hydrogens (tertiary/aromatic N) is 1. The minimum absolute atomic E-state index is 0.0815. The highest BCUT2D eigenvalue weighted by Crippen LogP contribution is 2.56. The van der Waals surface area contributed by atoms with E-state index in [1.54, 1.807) is 0 Å². The number of halogens is 1. The van der Waals surface area contributed by atoms with Crippen molar-refractivity contribution in [2.75, 3.05) is 23.1 Å². The Kier molecular flexibility index (Phi) is 5.64. The second kappa shape index (κ2) is 8.54. The molecule has 3 nitrogen and oxygen atoms in total. The molecule has 0 radical (unpaired) electrons. The van der Waals surface area contributed by atoms with Gasteiger partial charge in [-0.15, -0.1) is 23.4 Å². The van der Waals surface area contributed by atoms with Crippen molar-refractivity contribution in [2.45, 2.75) is 30.0 Å². The molecule has 3 aromatic rings. The fraction of sp³-hybridized carbons (Fsp3) is 0.280. The van der Waals surface area contributed by atoms with Crippen molar-refractivity contribution in [3.63, 3.8) is 0 Å². The third-order valence-electron chi connectivity index (χ3n) is 5.98. The van der Waals surface area contributed by atoms with Crippen molar-refractivity contribution in [3.05, 3.63) is 89.0 Å². The van der Waals surface area contributed by atoms with Gasteiger partial charge in [-0.05, 0) is 46.5 Å². The fourth-order valence-electron chi connectivity index (χ4n) is 4.63. The lowest BCUT2D eigenvalue weighted by molar-refractivity contribution is 0.281. The van der Waals surface area contributed by atoms with Crippen LogP contribution in [0.1, 0.15) is 34.2 Å². The first-order valence-corrected chi connectivity index (χ1v) is 11.8. The number of alkyl halides is 1. The van der Waals surface area contributed by atoms with Gasteiger partial charge in [0.2, 0.25) is 0 Å². The van der Waals surface area contributed by atoms with Crippen molar-refractivity contribution in [1.82, 2.24) is 0 Å². The Morgan fingerprint density at radius 3 is 2.60 bits per heavy atom. The first kappa shape index (κ1) is 19.8. The highest BCUT2D eigenvalue weighted by atomic mass is 35.5. The Balaban J connectivity index is 1.51. The number of thioether (sulfide) groups is 1. The SMILES string of the molecule is OCc1ccc2c(c1)C1CSc3ccccc3C1N2Cc1ccc(OCCCl)cc1. The lowest BCUT2D eigenvalue weighted by Crippen LogP contribution is -2.29. The van der Waals surface area contributed by atoms with E-state index in [0.717, 1.165) is 23.6 Å². The first-order chi connectivity index (χ1) is 14.8. The number of ether oxygens (including phenoxy) is 1. The van der Waals surface area contributed by atoms with E-state index in [4.69, 9.17) is 16.3 Å². The summed E-state index contributed by atoms with van der Waals surface area (Å²) >= 11 is 7.67. The number of hydrogen-bond acceptors (Lipinski definition) is 4. The van der Waals surface area contributed by atoms with Gasteiger partial charge in [0.1, 0.15) is 12.4 Å². The summed E-state index contributed by atoms with van der Waals surface area (Å²) < 4.78 is 5.62. The molecule has 30 heavy (non-hydrogen) atoms. The molecular weight excluding hydrogens is 414 g/mol. The summed E-state index contributed by atoms with van der Waals surface area (Å²) in [4.78, 5) is 3.91. The van der Waals surface area contributed by atoms with Crippen LogP contribution in [0.25, 0.3) is 0 Å². The molecular formula is C25H24ClNO2S. The molecule has 0 aromatic heterocycles. The summed E-state index contributed by atoms with van der Waals surface area (Å²) in [5.41, 5.74) is 6.28. The molecule has 5 heteroatoms. The fourth-order valence-corrected chi connectivity index (χ4v) is 5.96. The minimum Gasteiger partial charge on any atom is -0.492 e. The van der Waals surface area contributed by atoms with E-state index in [9.17, 15) is 5.11 Å². The Morgan fingerprint density at radius 2 is 1.80 bits per heavy atom. The van der Waals surface area contributed by atoms with Crippen LogP contribution in [0.2, 0.25) is 0 Å². The number of fused-ring (bicyclic) bond motifs is 5. The maximum absolute atomic E-state index is 9.67. The largest absolute Gasteiger partial charge is 0.492 e. The van der Waals surface area contributed by atoms with Gasteiger partial charge in [0, 0.05) is 28.8 Å². The van der Waals surface area contributed by atoms with Crippen molar-refractivity contribution < 1.29 is 9.84 Å². The van der Waals surface area contributed by atoms with E-state index in [1.165, 1.54) is 27.3 Å². The summed E-state index contributed by atoms with van der Waals surface area (Å²) in [5.74, 6) is 2.83. The summed E-state index contributed by atoms with van der Waals surface area (Å²) in [6, 6.07) is 23.9. The van der Waals surface area contributed by atoms with Gasteiger partial charge in [0.25, 0.3) is 0 Å². The van der Waals surface area contributed by atoms with E-state index < -0.39 is 0 Å². The van der Waals surface area contributed by atoms with Crippen molar-refractivity contribution in [3.8, 4) is 5.75 Å². The van der Waals surface area contributed by atoms with E-state index >= 15 is 0 Å². The molecule has 0 spiro atoms. The average molecular weight is 438 g/mol. The maximum Gasteiger partial charge on any atom is 0.119 e. The molecule has 2 aliphatic heterocycles. The van der Waals surface area contributed by atoms with Crippen molar-refractivity contribution >= 4 is 29.1 Å². The van der Waals surface area contributed by atoms with Gasteiger partial charge in [0.15, 0.2) is 0 Å². The van der Waals surface area contributed by atoms with Crippen LogP contribution >= 0.6 is 23.4 Å². The van der Waals surface area contributed by atoms with Crippen LogP contribution in [0.4, 0.5) is 5.69 Å². The first-order valence-electron chi connectivity index (χ1n) is 10.3. The third-order valence-corrected chi connectivity index (χ3v) is 7.34. The molecule has 0 aliphatic carbocycles. The molecule has 1 N–H and O–H groups in total. The van der Waals surface area contributed by atoms with Gasteiger partial charge in [-0.25, -0.2) is 0 Å². The standard InChI is InChI=1S/C25H24ClNO2S/c26-11-12-29-19-8-5-17(6-9-19)14-27-23-10-7-18(15-28)13-21(23)22-16-30-24-4-2-1-3-20(24)25(22)27/h1-10,13,22,25,28H,11-12,14-16H2. The van der Waals surface area contributed by atoms with Crippen LogP contribution in [-0.2, 0) is 13.2 Å². The van der Waals surface area contributed by atoms with Gasteiger partial charge in [-0.1, -0.05) is 42.5 Å². The summed E-state index contributed by atoms with van der Waals surface area (Å²) in [6.07, 6.45) is 0. The topological polar surface area (TPSA) is 32.7 Å². The average Bonchev–Trinajstić information content (AvgIpc) is 3.11. The molecule has 3 aromatic carbocycles. The van der Waals surface area contributed by atoms with Crippen LogP contribution in [-0.4, -0.2) is 23.3 Å².